The van der Waals surface area contributed by atoms with Crippen LogP contribution in [0.1, 0.15) is 36.5 Å². The Labute approximate surface area is 106 Å². The van der Waals surface area contributed by atoms with Crippen molar-refractivity contribution in [3.05, 3.63) is 29.8 Å². The third-order valence-corrected chi connectivity index (χ3v) is 2.54. The number of benzene rings is 1. The molecule has 0 heterocycles. The van der Waals surface area contributed by atoms with Crippen molar-refractivity contribution in [2.45, 2.75) is 32.2 Å². The summed E-state index contributed by atoms with van der Waals surface area (Å²) in [7, 11) is 0. The van der Waals surface area contributed by atoms with Gasteiger partial charge in [0.05, 0.1) is 6.42 Å². The summed E-state index contributed by atoms with van der Waals surface area (Å²) < 4.78 is 0. The number of anilines is 1. The van der Waals surface area contributed by atoms with Crippen molar-refractivity contribution < 1.29 is 14.7 Å². The molecular weight excluding hydrogens is 232 g/mol. The third kappa shape index (κ3) is 4.45. The average Bonchev–Trinajstić information content (AvgIpc) is 2.28. The molecule has 1 unspecified atom stereocenters. The summed E-state index contributed by atoms with van der Waals surface area (Å²) in [6.45, 7) is 1.95. The molecule has 4 N–H and O–H groups in total. The topological polar surface area (TPSA) is 92.4 Å². The predicted molar refractivity (Wildman–Crippen MR) is 69.3 cm³/mol. The van der Waals surface area contributed by atoms with Gasteiger partial charge in [-0.2, -0.15) is 0 Å². The first-order chi connectivity index (χ1) is 8.52. The summed E-state index contributed by atoms with van der Waals surface area (Å²) in [4.78, 5) is 22.6. The van der Waals surface area contributed by atoms with Crippen LogP contribution >= 0.6 is 0 Å². The summed E-state index contributed by atoms with van der Waals surface area (Å²) in [6.07, 6.45) is 1.39. The van der Waals surface area contributed by atoms with E-state index in [1.54, 1.807) is 24.3 Å². The fraction of sp³-hybridized carbons (Fsp3) is 0.385. The zero-order valence-corrected chi connectivity index (χ0v) is 10.3. The Morgan fingerprint density at radius 3 is 2.72 bits per heavy atom. The van der Waals surface area contributed by atoms with Gasteiger partial charge >= 0.3 is 5.97 Å². The highest BCUT2D eigenvalue weighted by Crippen LogP contribution is 2.08. The maximum atomic E-state index is 11.9. The van der Waals surface area contributed by atoms with Crippen LogP contribution < -0.4 is 11.1 Å². The number of amides is 1. The Morgan fingerprint density at radius 2 is 2.17 bits per heavy atom. The largest absolute Gasteiger partial charge is 0.481 e. The number of carboxylic acids is 1. The molecule has 0 aromatic heterocycles. The molecule has 0 fully saturated rings. The van der Waals surface area contributed by atoms with Crippen molar-refractivity contribution in [1.82, 2.24) is 5.32 Å². The number of carbonyl (C=O) groups excluding carboxylic acids is 1. The second kappa shape index (κ2) is 6.64. The fourth-order valence-corrected chi connectivity index (χ4v) is 1.73. The first-order valence-corrected chi connectivity index (χ1v) is 5.91. The lowest BCUT2D eigenvalue weighted by Gasteiger charge is -2.16. The Bertz CT molecular complexity index is 432. The van der Waals surface area contributed by atoms with Gasteiger partial charge in [-0.15, -0.1) is 0 Å². The van der Waals surface area contributed by atoms with Crippen LogP contribution in [0.5, 0.6) is 0 Å². The maximum absolute atomic E-state index is 11.9. The average molecular weight is 250 g/mol. The molecule has 1 atom stereocenters. The molecule has 0 bridgehead atoms. The lowest BCUT2D eigenvalue weighted by Crippen LogP contribution is -2.36. The zero-order chi connectivity index (χ0) is 13.5. The summed E-state index contributed by atoms with van der Waals surface area (Å²) in [5, 5.41) is 11.5. The maximum Gasteiger partial charge on any atom is 0.305 e. The van der Waals surface area contributed by atoms with Crippen molar-refractivity contribution in [3.8, 4) is 0 Å². The molecule has 1 aromatic carbocycles. The minimum Gasteiger partial charge on any atom is -0.481 e. The minimum atomic E-state index is -0.915. The Balaban J connectivity index is 2.68. The van der Waals surface area contributed by atoms with E-state index < -0.39 is 5.97 Å². The monoisotopic (exact) mass is 250 g/mol. The molecule has 18 heavy (non-hydrogen) atoms. The number of hydrogen-bond acceptors (Lipinski definition) is 3. The SMILES string of the molecule is CCCC(CC(=O)O)NC(=O)c1cccc(N)c1. The molecule has 0 aliphatic carbocycles. The first kappa shape index (κ1) is 14.0. The van der Waals surface area contributed by atoms with Gasteiger partial charge in [-0.25, -0.2) is 0 Å². The van der Waals surface area contributed by atoms with Gasteiger partial charge in [0.15, 0.2) is 0 Å². The lowest BCUT2D eigenvalue weighted by molar-refractivity contribution is -0.137. The van der Waals surface area contributed by atoms with Crippen LogP contribution in [-0.2, 0) is 4.79 Å². The molecule has 1 aromatic rings. The second-order valence-corrected chi connectivity index (χ2v) is 4.18. The van der Waals surface area contributed by atoms with Crippen LogP contribution in [0.4, 0.5) is 5.69 Å². The lowest BCUT2D eigenvalue weighted by atomic mass is 10.1. The van der Waals surface area contributed by atoms with E-state index in [9.17, 15) is 9.59 Å². The second-order valence-electron chi connectivity index (χ2n) is 4.18. The van der Waals surface area contributed by atoms with Crippen LogP contribution in [0.15, 0.2) is 24.3 Å². The Kier molecular flexibility index (Phi) is 5.17. The van der Waals surface area contributed by atoms with Crippen LogP contribution in [-0.4, -0.2) is 23.0 Å². The minimum absolute atomic E-state index is 0.0676. The van der Waals surface area contributed by atoms with Gasteiger partial charge in [0.2, 0.25) is 0 Å². The number of nitrogens with one attached hydrogen (secondary N) is 1. The van der Waals surface area contributed by atoms with Gasteiger partial charge < -0.3 is 16.2 Å². The van der Waals surface area contributed by atoms with Crippen LogP contribution in [0.3, 0.4) is 0 Å². The molecule has 0 aliphatic heterocycles. The molecule has 5 nitrogen and oxygen atoms in total. The molecule has 0 radical (unpaired) electrons. The summed E-state index contributed by atoms with van der Waals surface area (Å²) in [5.74, 6) is -1.21. The van der Waals surface area contributed by atoms with Crippen LogP contribution in [0.2, 0.25) is 0 Å². The summed E-state index contributed by atoms with van der Waals surface area (Å²) in [6, 6.07) is 6.25. The van der Waals surface area contributed by atoms with Crippen molar-refractivity contribution in [2.75, 3.05) is 5.73 Å². The normalized spacial score (nSPS) is 11.8. The fourth-order valence-electron chi connectivity index (χ4n) is 1.73. The highest BCUT2D eigenvalue weighted by atomic mass is 16.4. The van der Waals surface area contributed by atoms with E-state index >= 15 is 0 Å². The molecule has 0 saturated carbocycles. The van der Waals surface area contributed by atoms with Gasteiger partial charge in [-0.3, -0.25) is 9.59 Å². The number of aliphatic carboxylic acids is 1. The molecular formula is C13H18N2O3. The van der Waals surface area contributed by atoms with Crippen molar-refractivity contribution >= 4 is 17.6 Å². The zero-order valence-electron chi connectivity index (χ0n) is 10.3. The Morgan fingerprint density at radius 1 is 1.44 bits per heavy atom. The number of rotatable bonds is 6. The van der Waals surface area contributed by atoms with E-state index in [0.29, 0.717) is 17.7 Å². The van der Waals surface area contributed by atoms with Gasteiger partial charge in [0.1, 0.15) is 0 Å². The molecule has 0 aliphatic rings. The third-order valence-electron chi connectivity index (χ3n) is 2.54. The standard InChI is InChI=1S/C13H18N2O3/c1-2-4-11(8-12(16)17)15-13(18)9-5-3-6-10(14)7-9/h3,5-7,11H,2,4,8,14H2,1H3,(H,15,18)(H,16,17). The molecule has 0 saturated heterocycles. The van der Waals surface area contributed by atoms with Gasteiger partial charge in [0.25, 0.3) is 5.91 Å². The quantitative estimate of drug-likeness (QED) is 0.669. The molecule has 98 valence electrons. The van der Waals surface area contributed by atoms with E-state index in [-0.39, 0.29) is 18.4 Å². The van der Waals surface area contributed by atoms with Gasteiger partial charge in [-0.05, 0) is 24.6 Å². The van der Waals surface area contributed by atoms with Gasteiger partial charge in [-0.1, -0.05) is 19.4 Å². The molecule has 1 amide bonds. The highest BCUT2D eigenvalue weighted by molar-refractivity contribution is 5.95. The number of nitrogens with two attached hydrogens (primary N) is 1. The van der Waals surface area contributed by atoms with Crippen molar-refractivity contribution in [2.24, 2.45) is 0 Å². The van der Waals surface area contributed by atoms with Crippen LogP contribution in [0.25, 0.3) is 0 Å². The first-order valence-electron chi connectivity index (χ1n) is 5.91. The smallest absolute Gasteiger partial charge is 0.305 e. The molecule has 0 spiro atoms. The van der Waals surface area contributed by atoms with Crippen molar-refractivity contribution in [3.63, 3.8) is 0 Å². The number of carboxylic acid groups (broad SMARTS) is 1. The highest BCUT2D eigenvalue weighted by Gasteiger charge is 2.16. The molecule has 5 heteroatoms. The predicted octanol–water partition coefficient (Wildman–Crippen LogP) is 1.64. The summed E-state index contributed by atoms with van der Waals surface area (Å²) >= 11 is 0. The Hall–Kier alpha value is -2.04. The van der Waals surface area contributed by atoms with E-state index in [1.165, 1.54) is 0 Å². The number of nitrogen functional groups attached to an aromatic ring is 1. The van der Waals surface area contributed by atoms with E-state index in [2.05, 4.69) is 5.32 Å². The number of hydrogen-bond donors (Lipinski definition) is 3. The summed E-state index contributed by atoms with van der Waals surface area (Å²) in [5.41, 5.74) is 6.55. The van der Waals surface area contributed by atoms with Crippen LogP contribution in [0, 0.1) is 0 Å². The van der Waals surface area contributed by atoms with E-state index in [1.807, 2.05) is 6.92 Å². The van der Waals surface area contributed by atoms with Gasteiger partial charge in [0, 0.05) is 17.3 Å². The van der Waals surface area contributed by atoms with Crippen molar-refractivity contribution in [1.29, 1.82) is 0 Å². The number of carbonyl (C=O) groups is 2. The molecule has 1 rings (SSSR count). The van der Waals surface area contributed by atoms with E-state index in [4.69, 9.17) is 10.8 Å². The van der Waals surface area contributed by atoms with E-state index in [0.717, 1.165) is 6.42 Å².